The number of hydrogen-bond acceptors (Lipinski definition) is 6. The second-order valence-corrected chi connectivity index (χ2v) is 8.33. The molecule has 2 aliphatic heterocycles. The van der Waals surface area contributed by atoms with E-state index in [1.807, 2.05) is 18.3 Å². The fraction of sp³-hybridized carbons (Fsp3) is 0.192. The first-order chi connectivity index (χ1) is 16.7. The van der Waals surface area contributed by atoms with Crippen LogP contribution in [0.2, 0.25) is 0 Å². The maximum atomic E-state index is 14.2. The Morgan fingerprint density at radius 1 is 1.06 bits per heavy atom. The smallest absolute Gasteiger partial charge is 0.136 e. The average Bonchev–Trinajstić information content (AvgIpc) is 3.32. The topological polar surface area (TPSA) is 87.2 Å². The van der Waals surface area contributed by atoms with Crippen molar-refractivity contribution >= 4 is 28.0 Å². The number of hydrogen-bond donors (Lipinski definition) is 3. The molecule has 0 aliphatic carbocycles. The summed E-state index contributed by atoms with van der Waals surface area (Å²) in [7, 11) is 1.52. The van der Waals surface area contributed by atoms with E-state index < -0.39 is 0 Å². The number of aliphatic imine (C=N–C) groups is 1. The largest absolute Gasteiger partial charge is 0.497 e. The van der Waals surface area contributed by atoms with Crippen LogP contribution in [-0.2, 0) is 0 Å². The highest BCUT2D eigenvalue weighted by Gasteiger charge is 2.21. The Hall–Kier alpha value is -4.04. The molecule has 0 atom stereocenters. The lowest BCUT2D eigenvalue weighted by molar-refractivity contribution is 0.411. The molecule has 3 aromatic heterocycles. The van der Waals surface area contributed by atoms with Gasteiger partial charge in [-0.3, -0.25) is 9.98 Å². The number of anilines is 1. The van der Waals surface area contributed by atoms with Gasteiger partial charge in [0.05, 0.1) is 24.2 Å². The van der Waals surface area contributed by atoms with Crippen LogP contribution in [0.3, 0.4) is 0 Å². The van der Waals surface area contributed by atoms with Gasteiger partial charge in [-0.25, -0.2) is 9.37 Å². The highest BCUT2D eigenvalue weighted by Crippen LogP contribution is 2.32. The Morgan fingerprint density at radius 3 is 2.85 bits per heavy atom. The van der Waals surface area contributed by atoms with Crippen LogP contribution in [0.5, 0.6) is 5.75 Å². The van der Waals surface area contributed by atoms with E-state index in [2.05, 4.69) is 37.7 Å². The third kappa shape index (κ3) is 3.62. The van der Waals surface area contributed by atoms with Gasteiger partial charge in [0.1, 0.15) is 24.1 Å². The molecule has 4 aromatic rings. The second kappa shape index (κ2) is 8.39. The minimum absolute atomic E-state index is 0.369. The zero-order chi connectivity index (χ0) is 23.1. The highest BCUT2D eigenvalue weighted by molar-refractivity contribution is 6.17. The van der Waals surface area contributed by atoms with E-state index in [-0.39, 0.29) is 5.82 Å². The molecule has 0 bridgehead atoms. The summed E-state index contributed by atoms with van der Waals surface area (Å²) in [5.41, 5.74) is 7.31. The van der Waals surface area contributed by atoms with E-state index in [9.17, 15) is 4.39 Å². The number of pyridine rings is 2. The zero-order valence-electron chi connectivity index (χ0n) is 18.7. The van der Waals surface area contributed by atoms with Crippen LogP contribution in [0.4, 0.5) is 10.2 Å². The van der Waals surface area contributed by atoms with Crippen molar-refractivity contribution in [1.82, 2.24) is 20.3 Å². The highest BCUT2D eigenvalue weighted by atomic mass is 19.1. The lowest BCUT2D eigenvalue weighted by Gasteiger charge is -2.20. The first-order valence-corrected chi connectivity index (χ1v) is 11.2. The van der Waals surface area contributed by atoms with Crippen molar-refractivity contribution in [3.63, 3.8) is 0 Å². The van der Waals surface area contributed by atoms with Crippen molar-refractivity contribution in [2.24, 2.45) is 4.99 Å². The van der Waals surface area contributed by atoms with Gasteiger partial charge in [-0.05, 0) is 54.4 Å². The molecule has 2 aliphatic rings. The summed E-state index contributed by atoms with van der Waals surface area (Å²) in [5, 5.41) is 7.51. The number of benzene rings is 1. The number of aromatic nitrogens is 3. The van der Waals surface area contributed by atoms with Gasteiger partial charge in [0.25, 0.3) is 0 Å². The van der Waals surface area contributed by atoms with E-state index >= 15 is 0 Å². The Morgan fingerprint density at radius 2 is 2.00 bits per heavy atom. The van der Waals surface area contributed by atoms with Crippen molar-refractivity contribution in [3.8, 4) is 17.0 Å². The predicted octanol–water partition coefficient (Wildman–Crippen LogP) is 4.37. The Kier molecular flexibility index (Phi) is 5.07. The van der Waals surface area contributed by atoms with Gasteiger partial charge in [-0.2, -0.15) is 0 Å². The number of H-pyrrole nitrogens is 1. The van der Waals surface area contributed by atoms with E-state index in [1.54, 1.807) is 12.3 Å². The molecule has 3 N–H and O–H groups in total. The molecule has 0 spiro atoms. The van der Waals surface area contributed by atoms with E-state index in [1.165, 1.54) is 24.8 Å². The van der Waals surface area contributed by atoms with Crippen LogP contribution in [0.25, 0.3) is 27.7 Å². The first kappa shape index (κ1) is 20.6. The van der Waals surface area contributed by atoms with E-state index in [0.717, 1.165) is 58.8 Å². The fourth-order valence-electron chi connectivity index (χ4n) is 4.58. The average molecular weight is 455 g/mol. The van der Waals surface area contributed by atoms with E-state index in [0.29, 0.717) is 23.7 Å². The van der Waals surface area contributed by atoms with Gasteiger partial charge in [0.15, 0.2) is 0 Å². The molecule has 0 saturated carbocycles. The normalized spacial score (nSPS) is 15.4. The molecular formula is C26H23FN6O. The van der Waals surface area contributed by atoms with Gasteiger partial charge < -0.3 is 20.4 Å². The molecule has 5 heterocycles. The first-order valence-electron chi connectivity index (χ1n) is 11.2. The number of fused-ring (bicyclic) bond motifs is 2. The maximum absolute atomic E-state index is 14.2. The summed E-state index contributed by atoms with van der Waals surface area (Å²) < 4.78 is 19.4. The Balaban J connectivity index is 1.45. The summed E-state index contributed by atoms with van der Waals surface area (Å²) in [6, 6.07) is 10.7. The zero-order valence-corrected chi connectivity index (χ0v) is 18.7. The minimum Gasteiger partial charge on any atom is -0.497 e. The summed E-state index contributed by atoms with van der Waals surface area (Å²) in [6.07, 6.45) is 6.83. The molecule has 0 radical (unpaired) electrons. The standard InChI is InChI=1S/C26H23FN6O/c1-34-19-9-16(8-18(27)11-19)24-20-12-23(33-22(20)4-7-29-24)25-21-10-17(15-2-5-28-6-3-15)13-30-26(21)32-14-31-25/h2,4,7-13,28,33H,3,5-6,14H2,1H3,(H,30,32). The Bertz CT molecular complexity index is 1470. The predicted molar refractivity (Wildman–Crippen MR) is 132 cm³/mol. The van der Waals surface area contributed by atoms with Gasteiger partial charge in [-0.15, -0.1) is 0 Å². The van der Waals surface area contributed by atoms with Crippen molar-refractivity contribution in [1.29, 1.82) is 0 Å². The van der Waals surface area contributed by atoms with Crippen LogP contribution >= 0.6 is 0 Å². The number of methoxy groups -OCH3 is 1. The quantitative estimate of drug-likeness (QED) is 0.426. The third-order valence-corrected chi connectivity index (χ3v) is 6.24. The molecule has 34 heavy (non-hydrogen) atoms. The molecule has 170 valence electrons. The molecule has 8 heteroatoms. The molecule has 6 rings (SSSR count). The van der Waals surface area contributed by atoms with Crippen molar-refractivity contribution < 1.29 is 9.13 Å². The van der Waals surface area contributed by atoms with Crippen molar-refractivity contribution in [2.45, 2.75) is 6.42 Å². The molecular weight excluding hydrogens is 431 g/mol. The minimum atomic E-state index is -0.369. The molecule has 7 nitrogen and oxygen atoms in total. The SMILES string of the molecule is COc1cc(F)cc(-c2nccc3[nH]c(C4=NCNc5ncc(C6=CCNCC6)cc54)cc23)c1. The monoisotopic (exact) mass is 454 g/mol. The van der Waals surface area contributed by atoms with Gasteiger partial charge in [0.2, 0.25) is 0 Å². The van der Waals surface area contributed by atoms with Crippen LogP contribution in [0.15, 0.2) is 59.9 Å². The van der Waals surface area contributed by atoms with Crippen molar-refractivity contribution in [3.05, 3.63) is 77.5 Å². The lowest BCUT2D eigenvalue weighted by atomic mass is 9.97. The molecule has 0 unspecified atom stereocenters. The lowest BCUT2D eigenvalue weighted by Crippen LogP contribution is -2.21. The number of halogens is 1. The third-order valence-electron chi connectivity index (χ3n) is 6.24. The number of ether oxygens (including phenoxy) is 1. The maximum Gasteiger partial charge on any atom is 0.136 e. The van der Waals surface area contributed by atoms with Crippen LogP contribution in [0, 0.1) is 5.82 Å². The molecule has 1 aromatic carbocycles. The molecule has 0 fully saturated rings. The summed E-state index contributed by atoms with van der Waals surface area (Å²) in [4.78, 5) is 17.5. The number of aromatic amines is 1. The van der Waals surface area contributed by atoms with Gasteiger partial charge in [-0.1, -0.05) is 6.08 Å². The fourth-order valence-corrected chi connectivity index (χ4v) is 4.58. The van der Waals surface area contributed by atoms with Crippen LogP contribution in [0.1, 0.15) is 23.2 Å². The summed E-state index contributed by atoms with van der Waals surface area (Å²) >= 11 is 0. The Labute approximate surface area is 195 Å². The van der Waals surface area contributed by atoms with Crippen LogP contribution < -0.4 is 15.4 Å². The molecule has 0 amide bonds. The van der Waals surface area contributed by atoms with Crippen molar-refractivity contribution in [2.75, 3.05) is 32.2 Å². The number of nitrogens with zero attached hydrogens (tertiary/aromatic N) is 3. The van der Waals surface area contributed by atoms with E-state index in [4.69, 9.17) is 9.73 Å². The van der Waals surface area contributed by atoms with Gasteiger partial charge in [0, 0.05) is 47.0 Å². The van der Waals surface area contributed by atoms with Gasteiger partial charge >= 0.3 is 0 Å². The molecule has 0 saturated heterocycles. The number of rotatable bonds is 4. The summed E-state index contributed by atoms with van der Waals surface area (Å²) in [6.45, 7) is 2.28. The van der Waals surface area contributed by atoms with Crippen LogP contribution in [-0.4, -0.2) is 47.5 Å². The second-order valence-electron chi connectivity index (χ2n) is 8.33. The number of nitrogens with one attached hydrogen (secondary N) is 3. The summed E-state index contributed by atoms with van der Waals surface area (Å²) in [5.74, 6) is 0.897.